The van der Waals surface area contributed by atoms with Crippen molar-refractivity contribution >= 4 is 40.1 Å². The van der Waals surface area contributed by atoms with E-state index in [0.717, 1.165) is 30.1 Å². The van der Waals surface area contributed by atoms with Gasteiger partial charge in [-0.3, -0.25) is 19.5 Å². The van der Waals surface area contributed by atoms with Crippen molar-refractivity contribution in [1.82, 2.24) is 29.7 Å². The average Bonchev–Trinajstić information content (AvgIpc) is 3.74. The largest absolute Gasteiger partial charge is 0.482 e. The number of carbonyl (C=O) groups is 2. The Balaban J connectivity index is 1.39. The Morgan fingerprint density at radius 2 is 1.89 bits per heavy atom. The van der Waals surface area contributed by atoms with E-state index < -0.39 is 29.8 Å². The lowest BCUT2D eigenvalue weighted by Gasteiger charge is -2.33. The fraction of sp³-hybridized carbons (Fsp3) is 0.258. The molecule has 1 aliphatic heterocycles. The zero-order valence-corrected chi connectivity index (χ0v) is 24.9. The standard InChI is InChI=1S/C31H24ClF3N8O3/c1-15(28-38-11-19(33)12-39-28)43-29-21(13-40-43)25(26(27(36)44)22(41-29)8-16-2-3-16)17-4-7-23-24(9-17)46-31(34,35)30(45)42(23)14-20-6-5-18(32)10-37-20/h4-7,9-13,15-16H,2-3,8,14H2,1H3,(H2,36,44)/t15-/m0/s1. The van der Waals surface area contributed by atoms with Gasteiger partial charge in [0.1, 0.15) is 6.04 Å². The minimum Gasteiger partial charge on any atom is -0.423 e. The first-order valence-electron chi connectivity index (χ1n) is 14.3. The summed E-state index contributed by atoms with van der Waals surface area (Å²) in [5.41, 5.74) is 7.92. The molecule has 0 saturated heterocycles. The molecule has 1 fully saturated rings. The minimum absolute atomic E-state index is 0.0818. The van der Waals surface area contributed by atoms with Crippen molar-refractivity contribution in [3.63, 3.8) is 0 Å². The number of primary amides is 1. The summed E-state index contributed by atoms with van der Waals surface area (Å²) in [5.74, 6) is -2.61. The van der Waals surface area contributed by atoms with Crippen LogP contribution < -0.4 is 15.4 Å². The molecule has 5 aromatic rings. The van der Waals surface area contributed by atoms with Crippen molar-refractivity contribution in [1.29, 1.82) is 0 Å². The average molecular weight is 649 g/mol. The Bertz CT molecular complexity index is 2020. The van der Waals surface area contributed by atoms with Crippen molar-refractivity contribution in [3.8, 4) is 16.9 Å². The molecule has 2 amide bonds. The topological polar surface area (TPSA) is 142 Å². The van der Waals surface area contributed by atoms with Gasteiger partial charge in [-0.15, -0.1) is 0 Å². The highest BCUT2D eigenvalue weighted by molar-refractivity contribution is 6.30. The van der Waals surface area contributed by atoms with Crippen LogP contribution in [-0.4, -0.2) is 47.6 Å². The molecular weight excluding hydrogens is 625 g/mol. The summed E-state index contributed by atoms with van der Waals surface area (Å²) in [7, 11) is 0. The number of nitrogens with two attached hydrogens (primary N) is 1. The lowest BCUT2D eigenvalue weighted by molar-refractivity contribution is -0.193. The normalized spacial score (nSPS) is 16.3. The van der Waals surface area contributed by atoms with Gasteiger partial charge in [0.25, 0.3) is 5.91 Å². The third-order valence-electron chi connectivity index (χ3n) is 8.00. The maximum atomic E-state index is 15.0. The third kappa shape index (κ3) is 5.27. The molecule has 0 unspecified atom stereocenters. The van der Waals surface area contributed by atoms with Gasteiger partial charge in [0, 0.05) is 17.1 Å². The fourth-order valence-corrected chi connectivity index (χ4v) is 5.70. The third-order valence-corrected chi connectivity index (χ3v) is 8.23. The van der Waals surface area contributed by atoms with E-state index >= 15 is 0 Å². The summed E-state index contributed by atoms with van der Waals surface area (Å²) in [4.78, 5) is 43.8. The molecule has 7 rings (SSSR count). The number of hydrogen-bond acceptors (Lipinski definition) is 8. The molecule has 2 N–H and O–H groups in total. The summed E-state index contributed by atoms with van der Waals surface area (Å²) >= 11 is 5.91. The summed E-state index contributed by atoms with van der Waals surface area (Å²) < 4.78 is 50.0. The molecule has 46 heavy (non-hydrogen) atoms. The number of carbonyl (C=O) groups excluding carboxylic acids is 2. The highest BCUT2D eigenvalue weighted by Crippen LogP contribution is 2.45. The molecule has 234 valence electrons. The monoisotopic (exact) mass is 648 g/mol. The van der Waals surface area contributed by atoms with E-state index in [1.54, 1.807) is 23.7 Å². The van der Waals surface area contributed by atoms with Gasteiger partial charge in [-0.1, -0.05) is 17.7 Å². The molecule has 5 heterocycles. The SMILES string of the molecule is C[C@@H](c1ncc(F)cn1)n1ncc2c(-c3ccc4c(c3)OC(F)(F)C(=O)N4Cc3ccc(Cl)cn3)c(C(N)=O)c(CC3CC3)nc21. The smallest absolute Gasteiger partial charge is 0.423 e. The van der Waals surface area contributed by atoms with Crippen LogP contribution in [0.15, 0.2) is 55.1 Å². The van der Waals surface area contributed by atoms with Gasteiger partial charge in [-0.2, -0.15) is 13.9 Å². The van der Waals surface area contributed by atoms with E-state index in [1.807, 2.05) is 0 Å². The number of benzene rings is 1. The van der Waals surface area contributed by atoms with E-state index in [4.69, 9.17) is 27.1 Å². The first kappa shape index (κ1) is 29.6. The number of nitrogens with zero attached hydrogens (tertiary/aromatic N) is 7. The Kier molecular flexibility index (Phi) is 7.11. The van der Waals surface area contributed by atoms with Crippen molar-refractivity contribution < 1.29 is 27.5 Å². The molecule has 0 radical (unpaired) electrons. The zero-order chi connectivity index (χ0) is 32.3. The van der Waals surface area contributed by atoms with Crippen LogP contribution in [0.2, 0.25) is 5.02 Å². The first-order chi connectivity index (χ1) is 22.0. The van der Waals surface area contributed by atoms with Crippen molar-refractivity contribution in [2.45, 2.75) is 44.9 Å². The second kappa shape index (κ2) is 11.1. The second-order valence-corrected chi connectivity index (χ2v) is 11.7. The number of ether oxygens (including phenoxy) is 1. The Hall–Kier alpha value is -5.11. The number of amides is 2. The fourth-order valence-electron chi connectivity index (χ4n) is 5.59. The number of anilines is 1. The molecule has 1 saturated carbocycles. The van der Waals surface area contributed by atoms with Gasteiger partial charge in [-0.25, -0.2) is 24.0 Å². The second-order valence-electron chi connectivity index (χ2n) is 11.2. The van der Waals surface area contributed by atoms with Crippen LogP contribution in [0.1, 0.15) is 53.4 Å². The quantitative estimate of drug-likeness (QED) is 0.240. The Morgan fingerprint density at radius 1 is 1.13 bits per heavy atom. The van der Waals surface area contributed by atoms with Crippen LogP contribution in [0, 0.1) is 11.7 Å². The molecule has 1 aliphatic carbocycles. The molecule has 15 heteroatoms. The number of pyridine rings is 2. The molecule has 0 spiro atoms. The summed E-state index contributed by atoms with van der Waals surface area (Å²) in [5, 5.41) is 5.27. The van der Waals surface area contributed by atoms with Gasteiger partial charge in [0.2, 0.25) is 0 Å². The van der Waals surface area contributed by atoms with Gasteiger partial charge in [0.05, 0.1) is 52.8 Å². The van der Waals surface area contributed by atoms with Gasteiger partial charge in [0.15, 0.2) is 23.0 Å². The lowest BCUT2D eigenvalue weighted by atomic mass is 9.93. The maximum Gasteiger partial charge on any atom is 0.482 e. The molecule has 11 nitrogen and oxygen atoms in total. The van der Waals surface area contributed by atoms with Gasteiger partial charge >= 0.3 is 12.0 Å². The molecule has 1 aromatic carbocycles. The minimum atomic E-state index is -4.18. The highest BCUT2D eigenvalue weighted by atomic mass is 35.5. The molecule has 0 bridgehead atoms. The number of hydrogen-bond donors (Lipinski definition) is 1. The van der Waals surface area contributed by atoms with Crippen LogP contribution in [-0.2, 0) is 17.8 Å². The summed E-state index contributed by atoms with van der Waals surface area (Å²) in [6.45, 7) is 1.49. The molecule has 4 aromatic heterocycles. The number of aromatic nitrogens is 6. The predicted molar refractivity (Wildman–Crippen MR) is 160 cm³/mol. The lowest BCUT2D eigenvalue weighted by Crippen LogP contribution is -2.50. The van der Waals surface area contributed by atoms with Gasteiger partial charge in [-0.05, 0) is 61.9 Å². The first-order valence-corrected chi connectivity index (χ1v) is 14.7. The van der Waals surface area contributed by atoms with Crippen LogP contribution in [0.4, 0.5) is 18.9 Å². The van der Waals surface area contributed by atoms with E-state index in [-0.39, 0.29) is 29.4 Å². The Morgan fingerprint density at radius 3 is 2.57 bits per heavy atom. The van der Waals surface area contributed by atoms with E-state index in [9.17, 15) is 22.8 Å². The molecule has 1 atom stereocenters. The number of halogens is 4. The van der Waals surface area contributed by atoms with E-state index in [2.05, 4.69) is 20.1 Å². The summed E-state index contributed by atoms with van der Waals surface area (Å²) in [6.07, 6.45) is 3.14. The predicted octanol–water partition coefficient (Wildman–Crippen LogP) is 5.25. The Labute approximate surface area is 264 Å². The number of rotatable bonds is 8. The molecular formula is C31H24ClF3N8O3. The van der Waals surface area contributed by atoms with Crippen LogP contribution >= 0.6 is 11.6 Å². The maximum absolute atomic E-state index is 15.0. The van der Waals surface area contributed by atoms with Crippen LogP contribution in [0.3, 0.4) is 0 Å². The highest BCUT2D eigenvalue weighted by Gasteiger charge is 2.50. The number of fused-ring (bicyclic) bond motifs is 2. The van der Waals surface area contributed by atoms with Gasteiger partial charge < -0.3 is 10.5 Å². The van der Waals surface area contributed by atoms with E-state index in [0.29, 0.717) is 50.9 Å². The molecule has 2 aliphatic rings. The summed E-state index contributed by atoms with van der Waals surface area (Å²) in [6, 6.07) is 6.88. The van der Waals surface area contributed by atoms with E-state index in [1.165, 1.54) is 30.6 Å². The number of alkyl halides is 2. The zero-order valence-electron chi connectivity index (χ0n) is 24.1. The van der Waals surface area contributed by atoms with Crippen molar-refractivity contribution in [3.05, 3.63) is 88.7 Å². The van der Waals surface area contributed by atoms with Crippen molar-refractivity contribution in [2.24, 2.45) is 11.7 Å². The van der Waals surface area contributed by atoms with Crippen LogP contribution in [0.5, 0.6) is 5.75 Å². The van der Waals surface area contributed by atoms with Crippen LogP contribution in [0.25, 0.3) is 22.2 Å². The van der Waals surface area contributed by atoms with Crippen molar-refractivity contribution in [2.75, 3.05) is 4.90 Å².